The van der Waals surface area contributed by atoms with Crippen LogP contribution in [-0.2, 0) is 11.5 Å². The van der Waals surface area contributed by atoms with Crippen LogP contribution in [-0.4, -0.2) is 0 Å². The lowest BCUT2D eigenvalue weighted by Gasteiger charge is -2.12. The Balaban J connectivity index is 3.35. The van der Waals surface area contributed by atoms with Crippen LogP contribution >= 0.6 is 39.1 Å². The van der Waals surface area contributed by atoms with Crippen LogP contribution in [0, 0.1) is 0 Å². The number of hydrogen-bond donors (Lipinski definition) is 0. The average molecular weight is 308 g/mol. The van der Waals surface area contributed by atoms with Gasteiger partial charge in [-0.25, -0.2) is 0 Å². The van der Waals surface area contributed by atoms with Crippen LogP contribution in [0.4, 0.5) is 13.2 Å². The van der Waals surface area contributed by atoms with Crippen LogP contribution in [0.3, 0.4) is 0 Å². The van der Waals surface area contributed by atoms with Crippen molar-refractivity contribution in [2.45, 2.75) is 11.5 Å². The fraction of sp³-hybridized carbons (Fsp3) is 0.250. The van der Waals surface area contributed by atoms with Crippen LogP contribution in [0.5, 0.6) is 0 Å². The molecule has 0 amide bonds. The zero-order valence-corrected chi connectivity index (χ0v) is 9.73. The van der Waals surface area contributed by atoms with Crippen LogP contribution in [0.2, 0.25) is 10.0 Å². The van der Waals surface area contributed by atoms with Crippen molar-refractivity contribution >= 4 is 39.1 Å². The molecule has 78 valence electrons. The Morgan fingerprint density at radius 1 is 1.14 bits per heavy atom. The molecule has 0 unspecified atom stereocenters. The lowest BCUT2D eigenvalue weighted by atomic mass is 10.1. The Morgan fingerprint density at radius 2 is 1.64 bits per heavy atom. The predicted molar refractivity (Wildman–Crippen MR) is 54.1 cm³/mol. The first-order valence-corrected chi connectivity index (χ1v) is 5.35. The van der Waals surface area contributed by atoms with E-state index in [1.54, 1.807) is 0 Å². The number of halogens is 6. The van der Waals surface area contributed by atoms with Gasteiger partial charge in [0, 0.05) is 5.33 Å². The van der Waals surface area contributed by atoms with Crippen molar-refractivity contribution in [1.82, 2.24) is 0 Å². The van der Waals surface area contributed by atoms with Gasteiger partial charge in [-0.3, -0.25) is 0 Å². The van der Waals surface area contributed by atoms with Crippen molar-refractivity contribution in [3.63, 3.8) is 0 Å². The highest BCUT2D eigenvalue weighted by Crippen LogP contribution is 2.37. The van der Waals surface area contributed by atoms with E-state index in [1.165, 1.54) is 6.07 Å². The first kappa shape index (κ1) is 12.1. The summed E-state index contributed by atoms with van der Waals surface area (Å²) in [7, 11) is 0. The van der Waals surface area contributed by atoms with Gasteiger partial charge in [0.1, 0.15) is 0 Å². The minimum atomic E-state index is -4.41. The highest BCUT2D eigenvalue weighted by molar-refractivity contribution is 9.08. The molecule has 1 aromatic carbocycles. The van der Waals surface area contributed by atoms with E-state index in [1.807, 2.05) is 0 Å². The molecule has 14 heavy (non-hydrogen) atoms. The summed E-state index contributed by atoms with van der Waals surface area (Å²) in [5.74, 6) is 0. The van der Waals surface area contributed by atoms with Gasteiger partial charge >= 0.3 is 6.18 Å². The first-order valence-electron chi connectivity index (χ1n) is 3.47. The molecule has 0 aliphatic carbocycles. The molecular weight excluding hydrogens is 304 g/mol. The molecule has 0 aliphatic heterocycles. The number of alkyl halides is 4. The highest BCUT2D eigenvalue weighted by Gasteiger charge is 2.33. The van der Waals surface area contributed by atoms with Gasteiger partial charge in [0.05, 0.1) is 15.6 Å². The van der Waals surface area contributed by atoms with Gasteiger partial charge in [-0.1, -0.05) is 39.1 Å². The lowest BCUT2D eigenvalue weighted by Crippen LogP contribution is -2.08. The molecule has 0 atom stereocenters. The molecule has 0 N–H and O–H groups in total. The van der Waals surface area contributed by atoms with Gasteiger partial charge in [-0.05, 0) is 17.7 Å². The first-order chi connectivity index (χ1) is 6.36. The smallest absolute Gasteiger partial charge is 0.166 e. The second-order valence-corrected chi connectivity index (χ2v) is 3.93. The van der Waals surface area contributed by atoms with E-state index in [9.17, 15) is 13.2 Å². The number of rotatable bonds is 1. The van der Waals surface area contributed by atoms with Crippen LogP contribution in [0.1, 0.15) is 11.1 Å². The molecular formula is C8H4BrCl2F3. The SMILES string of the molecule is FC(F)(F)c1cc(Cl)c(Cl)cc1CBr. The van der Waals surface area contributed by atoms with E-state index >= 15 is 0 Å². The van der Waals surface area contributed by atoms with E-state index in [0.29, 0.717) is 0 Å². The zero-order chi connectivity index (χ0) is 10.9. The monoisotopic (exact) mass is 306 g/mol. The summed E-state index contributed by atoms with van der Waals surface area (Å²) in [5.41, 5.74) is -0.685. The largest absolute Gasteiger partial charge is 0.416 e. The molecule has 0 aliphatic rings. The third kappa shape index (κ3) is 2.55. The van der Waals surface area contributed by atoms with Crippen molar-refractivity contribution in [1.29, 1.82) is 0 Å². The summed E-state index contributed by atoms with van der Waals surface area (Å²) in [5, 5.41) is 0.108. The van der Waals surface area contributed by atoms with E-state index in [4.69, 9.17) is 23.2 Å². The quantitative estimate of drug-likeness (QED) is 0.647. The molecule has 0 spiro atoms. The molecule has 0 nitrogen and oxygen atoms in total. The molecule has 0 bridgehead atoms. The van der Waals surface area contributed by atoms with Gasteiger partial charge in [0.25, 0.3) is 0 Å². The van der Waals surface area contributed by atoms with Crippen molar-refractivity contribution < 1.29 is 13.2 Å². The minimum Gasteiger partial charge on any atom is -0.166 e. The molecule has 0 saturated heterocycles. The van der Waals surface area contributed by atoms with Gasteiger partial charge in [-0.15, -0.1) is 0 Å². The van der Waals surface area contributed by atoms with E-state index in [-0.39, 0.29) is 20.9 Å². The molecule has 0 saturated carbocycles. The third-order valence-corrected chi connectivity index (χ3v) is 2.92. The van der Waals surface area contributed by atoms with Gasteiger partial charge in [0.15, 0.2) is 0 Å². The molecule has 1 rings (SSSR count). The van der Waals surface area contributed by atoms with Gasteiger partial charge in [-0.2, -0.15) is 13.2 Å². The van der Waals surface area contributed by atoms with Crippen molar-refractivity contribution in [3.8, 4) is 0 Å². The highest BCUT2D eigenvalue weighted by atomic mass is 79.9. The fourth-order valence-electron chi connectivity index (χ4n) is 0.962. The fourth-order valence-corrected chi connectivity index (χ4v) is 1.78. The zero-order valence-electron chi connectivity index (χ0n) is 6.63. The van der Waals surface area contributed by atoms with E-state index < -0.39 is 11.7 Å². The number of benzene rings is 1. The second-order valence-electron chi connectivity index (χ2n) is 2.55. The van der Waals surface area contributed by atoms with E-state index in [0.717, 1.165) is 6.07 Å². The average Bonchev–Trinajstić information content (AvgIpc) is 2.07. The molecule has 0 fully saturated rings. The molecule has 6 heteroatoms. The summed E-state index contributed by atoms with van der Waals surface area (Å²) in [6, 6.07) is 2.04. The standard InChI is InChI=1S/C8H4BrCl2F3/c9-3-4-1-6(10)7(11)2-5(4)8(12,13)14/h1-2H,3H2. The Bertz CT molecular complexity index is 349. The predicted octanol–water partition coefficient (Wildman–Crippen LogP) is 4.91. The van der Waals surface area contributed by atoms with Crippen molar-refractivity contribution in [3.05, 3.63) is 33.3 Å². The summed E-state index contributed by atoms with van der Waals surface area (Å²) in [6.07, 6.45) is -4.41. The maximum absolute atomic E-state index is 12.4. The van der Waals surface area contributed by atoms with Gasteiger partial charge < -0.3 is 0 Å². The molecule has 1 aromatic rings. The topological polar surface area (TPSA) is 0 Å². The van der Waals surface area contributed by atoms with Gasteiger partial charge in [0.2, 0.25) is 0 Å². The normalized spacial score (nSPS) is 11.9. The summed E-state index contributed by atoms with van der Waals surface area (Å²) < 4.78 is 37.3. The summed E-state index contributed by atoms with van der Waals surface area (Å²) >= 11 is 14.1. The Labute approximate surface area is 97.1 Å². The maximum atomic E-state index is 12.4. The Kier molecular flexibility index (Phi) is 3.72. The summed E-state index contributed by atoms with van der Waals surface area (Å²) in [6.45, 7) is 0. The maximum Gasteiger partial charge on any atom is 0.416 e. The van der Waals surface area contributed by atoms with Crippen molar-refractivity contribution in [2.24, 2.45) is 0 Å². The second kappa shape index (κ2) is 4.29. The Hall–Kier alpha value is 0.0700. The molecule has 0 heterocycles. The van der Waals surface area contributed by atoms with Crippen LogP contribution in [0.15, 0.2) is 12.1 Å². The molecule has 0 aromatic heterocycles. The third-order valence-electron chi connectivity index (χ3n) is 1.60. The number of hydrogen-bond acceptors (Lipinski definition) is 0. The Morgan fingerprint density at radius 3 is 2.07 bits per heavy atom. The lowest BCUT2D eigenvalue weighted by molar-refractivity contribution is -0.138. The molecule has 0 radical (unpaired) electrons. The minimum absolute atomic E-state index is 0.0758. The van der Waals surface area contributed by atoms with Crippen LogP contribution in [0.25, 0.3) is 0 Å². The van der Waals surface area contributed by atoms with Crippen molar-refractivity contribution in [2.75, 3.05) is 0 Å². The van der Waals surface area contributed by atoms with Crippen LogP contribution < -0.4 is 0 Å². The summed E-state index contributed by atoms with van der Waals surface area (Å²) in [4.78, 5) is 0. The van der Waals surface area contributed by atoms with E-state index in [2.05, 4.69) is 15.9 Å².